The van der Waals surface area contributed by atoms with E-state index >= 15 is 0 Å². The fourth-order valence-electron chi connectivity index (χ4n) is 3.10. The molecule has 1 aliphatic heterocycles. The Morgan fingerprint density at radius 2 is 2.17 bits per heavy atom. The number of amides is 2. The maximum absolute atomic E-state index is 12.6. The van der Waals surface area contributed by atoms with Gasteiger partial charge in [0.1, 0.15) is 0 Å². The molecule has 1 aliphatic rings. The number of nitrogens with zero attached hydrogens (tertiary/aromatic N) is 1. The molecule has 0 spiro atoms. The van der Waals surface area contributed by atoms with Crippen molar-refractivity contribution >= 4 is 6.03 Å². The molecule has 1 aromatic rings. The van der Waals surface area contributed by atoms with Gasteiger partial charge in [-0.1, -0.05) is 18.2 Å². The van der Waals surface area contributed by atoms with Crippen LogP contribution in [0.25, 0.3) is 0 Å². The summed E-state index contributed by atoms with van der Waals surface area (Å²) in [5.74, 6) is 0. The van der Waals surface area contributed by atoms with Gasteiger partial charge < -0.3 is 20.1 Å². The molecule has 1 fully saturated rings. The van der Waals surface area contributed by atoms with Gasteiger partial charge in [0.05, 0.1) is 31.4 Å². The lowest BCUT2D eigenvalue weighted by Crippen LogP contribution is -2.53. The van der Waals surface area contributed by atoms with E-state index in [9.17, 15) is 9.90 Å². The maximum Gasteiger partial charge on any atom is 0.318 e. The minimum Gasteiger partial charge on any atom is -0.393 e. The van der Waals surface area contributed by atoms with Gasteiger partial charge in [0.25, 0.3) is 0 Å². The molecule has 2 rings (SSSR count). The van der Waals surface area contributed by atoms with E-state index < -0.39 is 6.10 Å². The van der Waals surface area contributed by atoms with Crippen molar-refractivity contribution in [3.05, 3.63) is 34.9 Å². The van der Waals surface area contributed by atoms with Gasteiger partial charge in [0.15, 0.2) is 0 Å². The first-order valence-electron chi connectivity index (χ1n) is 8.29. The number of hydrogen-bond donors (Lipinski definition) is 2. The lowest BCUT2D eigenvalue weighted by molar-refractivity contribution is -0.00474. The molecule has 0 saturated carbocycles. The van der Waals surface area contributed by atoms with Gasteiger partial charge in [-0.3, -0.25) is 0 Å². The van der Waals surface area contributed by atoms with Crippen LogP contribution in [0.3, 0.4) is 0 Å². The van der Waals surface area contributed by atoms with Gasteiger partial charge in [-0.05, 0) is 50.8 Å². The number of aliphatic hydroxyl groups excluding tert-OH is 1. The van der Waals surface area contributed by atoms with E-state index in [1.807, 2.05) is 13.0 Å². The van der Waals surface area contributed by atoms with E-state index in [4.69, 9.17) is 4.74 Å². The zero-order chi connectivity index (χ0) is 17.0. The van der Waals surface area contributed by atoms with E-state index in [0.717, 1.165) is 5.56 Å². The van der Waals surface area contributed by atoms with Crippen LogP contribution in [0.1, 0.15) is 43.0 Å². The summed E-state index contributed by atoms with van der Waals surface area (Å²) in [5.41, 5.74) is 3.57. The molecule has 2 N–H and O–H groups in total. The summed E-state index contributed by atoms with van der Waals surface area (Å²) in [6.07, 6.45) is 0.0825. The number of rotatable bonds is 4. The second kappa shape index (κ2) is 7.79. The second-order valence-corrected chi connectivity index (χ2v) is 6.47. The molecule has 23 heavy (non-hydrogen) atoms. The molecule has 5 heteroatoms. The highest BCUT2D eigenvalue weighted by atomic mass is 16.5. The first-order valence-corrected chi connectivity index (χ1v) is 8.29. The van der Waals surface area contributed by atoms with Crippen LogP contribution in [0.15, 0.2) is 18.2 Å². The summed E-state index contributed by atoms with van der Waals surface area (Å²) < 4.78 is 5.46. The number of morpholine rings is 1. The topological polar surface area (TPSA) is 61.8 Å². The molecule has 0 aromatic heterocycles. The number of urea groups is 1. The van der Waals surface area contributed by atoms with E-state index in [2.05, 4.69) is 31.3 Å². The van der Waals surface area contributed by atoms with Gasteiger partial charge in [0, 0.05) is 6.54 Å². The quantitative estimate of drug-likeness (QED) is 0.896. The van der Waals surface area contributed by atoms with Crippen LogP contribution in [0, 0.1) is 13.8 Å². The number of hydrogen-bond acceptors (Lipinski definition) is 3. The van der Waals surface area contributed by atoms with Gasteiger partial charge >= 0.3 is 6.03 Å². The van der Waals surface area contributed by atoms with Gasteiger partial charge in [-0.2, -0.15) is 0 Å². The number of nitrogens with one attached hydrogen (secondary N) is 1. The minimum atomic E-state index is -0.451. The average molecular weight is 320 g/mol. The Bertz CT molecular complexity index is 545. The molecule has 2 amide bonds. The SMILES string of the molecule is Cc1cccc([C@H](C)NC(=O)N2CCOC[C@H]2C[C@@H](C)O)c1C. The molecule has 1 saturated heterocycles. The molecular formula is C18H28N2O3. The lowest BCUT2D eigenvalue weighted by Gasteiger charge is -2.37. The molecule has 128 valence electrons. The fourth-order valence-corrected chi connectivity index (χ4v) is 3.10. The molecule has 1 heterocycles. The van der Waals surface area contributed by atoms with Crippen LogP contribution in [0.4, 0.5) is 4.79 Å². The standard InChI is InChI=1S/C18H28N2O3/c1-12-6-5-7-17(14(12)3)15(4)19-18(22)20-8-9-23-11-16(20)10-13(2)21/h5-7,13,15-16,21H,8-11H2,1-4H3,(H,19,22)/t13-,15+,16-/m1/s1. The van der Waals surface area contributed by atoms with Crippen LogP contribution < -0.4 is 5.32 Å². The van der Waals surface area contributed by atoms with Gasteiger partial charge in [0.2, 0.25) is 0 Å². The van der Waals surface area contributed by atoms with E-state index in [0.29, 0.717) is 26.2 Å². The number of aliphatic hydroxyl groups is 1. The number of aryl methyl sites for hydroxylation is 1. The van der Waals surface area contributed by atoms with Crippen molar-refractivity contribution in [3.8, 4) is 0 Å². The van der Waals surface area contributed by atoms with Crippen molar-refractivity contribution < 1.29 is 14.6 Å². The van der Waals surface area contributed by atoms with Crippen molar-refractivity contribution in [1.29, 1.82) is 0 Å². The smallest absolute Gasteiger partial charge is 0.318 e. The van der Waals surface area contributed by atoms with Crippen LogP contribution in [0.2, 0.25) is 0 Å². The molecule has 0 bridgehead atoms. The van der Waals surface area contributed by atoms with Crippen molar-refractivity contribution in [1.82, 2.24) is 10.2 Å². The van der Waals surface area contributed by atoms with Crippen molar-refractivity contribution in [2.24, 2.45) is 0 Å². The van der Waals surface area contributed by atoms with Crippen molar-refractivity contribution in [2.75, 3.05) is 19.8 Å². The first-order chi connectivity index (χ1) is 10.9. The molecule has 0 aliphatic carbocycles. The van der Waals surface area contributed by atoms with Crippen LogP contribution in [-0.4, -0.2) is 47.9 Å². The number of carbonyl (C=O) groups excluding carboxylic acids is 1. The highest BCUT2D eigenvalue weighted by Crippen LogP contribution is 2.21. The predicted molar refractivity (Wildman–Crippen MR) is 90.5 cm³/mol. The molecule has 0 unspecified atom stereocenters. The minimum absolute atomic E-state index is 0.0579. The lowest BCUT2D eigenvalue weighted by atomic mass is 9.98. The average Bonchev–Trinajstić information content (AvgIpc) is 2.49. The van der Waals surface area contributed by atoms with Crippen molar-refractivity contribution in [2.45, 2.75) is 52.3 Å². The summed E-state index contributed by atoms with van der Waals surface area (Å²) in [7, 11) is 0. The normalized spacial score (nSPS) is 20.9. The summed E-state index contributed by atoms with van der Waals surface area (Å²) in [6.45, 7) is 9.49. The second-order valence-electron chi connectivity index (χ2n) is 6.47. The van der Waals surface area contributed by atoms with E-state index in [-0.39, 0.29) is 18.1 Å². The molecule has 1 aromatic carbocycles. The monoisotopic (exact) mass is 320 g/mol. The summed E-state index contributed by atoms with van der Waals surface area (Å²) in [6, 6.07) is 5.93. The molecule has 3 atom stereocenters. The predicted octanol–water partition coefficient (Wildman–Crippen LogP) is 2.55. The summed E-state index contributed by atoms with van der Waals surface area (Å²) in [4.78, 5) is 14.4. The van der Waals surface area contributed by atoms with Crippen LogP contribution >= 0.6 is 0 Å². The highest BCUT2D eigenvalue weighted by molar-refractivity contribution is 5.75. The zero-order valence-electron chi connectivity index (χ0n) is 14.5. The maximum atomic E-state index is 12.6. The van der Waals surface area contributed by atoms with Gasteiger partial charge in [-0.15, -0.1) is 0 Å². The Morgan fingerprint density at radius 1 is 1.43 bits per heavy atom. The summed E-state index contributed by atoms with van der Waals surface area (Å²) >= 11 is 0. The van der Waals surface area contributed by atoms with Crippen molar-refractivity contribution in [3.63, 3.8) is 0 Å². The molecular weight excluding hydrogens is 292 g/mol. The third kappa shape index (κ3) is 4.45. The van der Waals surface area contributed by atoms with E-state index in [1.165, 1.54) is 11.1 Å². The third-order valence-electron chi connectivity index (χ3n) is 4.55. The largest absolute Gasteiger partial charge is 0.393 e. The Kier molecular flexibility index (Phi) is 6.02. The Morgan fingerprint density at radius 3 is 2.87 bits per heavy atom. The third-order valence-corrected chi connectivity index (χ3v) is 4.55. The Labute approximate surface area is 138 Å². The molecule has 5 nitrogen and oxygen atoms in total. The van der Waals surface area contributed by atoms with Gasteiger partial charge in [-0.25, -0.2) is 4.79 Å². The Balaban J connectivity index is 2.05. The number of carbonyl (C=O) groups is 1. The van der Waals surface area contributed by atoms with Crippen LogP contribution in [0.5, 0.6) is 0 Å². The molecule has 0 radical (unpaired) electrons. The number of ether oxygens (including phenoxy) is 1. The first kappa shape index (κ1) is 17.8. The fraction of sp³-hybridized carbons (Fsp3) is 0.611. The van der Waals surface area contributed by atoms with Crippen LogP contribution in [-0.2, 0) is 4.74 Å². The van der Waals surface area contributed by atoms with E-state index in [1.54, 1.807) is 11.8 Å². The Hall–Kier alpha value is -1.59. The number of benzene rings is 1. The zero-order valence-corrected chi connectivity index (χ0v) is 14.5. The highest BCUT2D eigenvalue weighted by Gasteiger charge is 2.29. The summed E-state index contributed by atoms with van der Waals surface area (Å²) in [5, 5.41) is 12.7.